The lowest BCUT2D eigenvalue weighted by Crippen LogP contribution is -2.26. The van der Waals surface area contributed by atoms with Gasteiger partial charge in [0, 0.05) is 67.4 Å². The summed E-state index contributed by atoms with van der Waals surface area (Å²) in [5.41, 5.74) is 43.3. The first kappa shape index (κ1) is 76.4. The van der Waals surface area contributed by atoms with E-state index < -0.39 is 0 Å². The number of rotatable bonds is 20. The topological polar surface area (TPSA) is 0 Å². The molecule has 602 valence electrons. The number of hydrogen-bond acceptors (Lipinski definition) is 2. The van der Waals surface area contributed by atoms with Gasteiger partial charge in [-0.05, 0) is 285 Å². The number of fused-ring (bicyclic) bond motifs is 25. The highest BCUT2D eigenvalue weighted by atomic mass is 32.1. The molecule has 0 radical (unpaired) electrons. The Balaban J connectivity index is 0.581. The van der Waals surface area contributed by atoms with Crippen LogP contribution < -0.4 is 0 Å². The van der Waals surface area contributed by atoms with Crippen LogP contribution >= 0.6 is 22.7 Å². The molecule has 2 heterocycles. The number of thiophene rings is 2. The molecule has 23 rings (SSSR count). The third-order valence-electron chi connectivity index (χ3n) is 30.7. The quantitative estimate of drug-likeness (QED) is 0.0667. The van der Waals surface area contributed by atoms with Gasteiger partial charge in [0.05, 0.1) is 0 Å². The van der Waals surface area contributed by atoms with Crippen molar-refractivity contribution in [3.8, 4) is 122 Å². The van der Waals surface area contributed by atoms with Crippen molar-refractivity contribution >= 4 is 84.6 Å². The molecule has 18 aromatic rings. The van der Waals surface area contributed by atoms with Gasteiger partial charge < -0.3 is 0 Å². The fourth-order valence-corrected chi connectivity index (χ4v) is 26.3. The Morgan fingerprint density at radius 3 is 0.854 bits per heavy atom. The molecule has 0 aliphatic heterocycles. The molecule has 5 aliphatic carbocycles. The van der Waals surface area contributed by atoms with E-state index in [0.29, 0.717) is 0 Å². The van der Waals surface area contributed by atoms with Crippen LogP contribution in [-0.4, -0.2) is 0 Å². The zero-order valence-electron chi connectivity index (χ0n) is 72.9. The third kappa shape index (κ3) is 11.8. The van der Waals surface area contributed by atoms with Gasteiger partial charge >= 0.3 is 0 Å². The van der Waals surface area contributed by atoms with Gasteiger partial charge in [-0.3, -0.25) is 0 Å². The molecule has 0 saturated heterocycles. The van der Waals surface area contributed by atoms with Gasteiger partial charge in [-0.2, -0.15) is 0 Å². The minimum Gasteiger partial charge on any atom is -0.135 e. The van der Waals surface area contributed by atoms with Gasteiger partial charge in [-0.1, -0.05) is 365 Å². The predicted octanol–water partition coefficient (Wildman–Crippen LogP) is 35.7. The van der Waals surface area contributed by atoms with Gasteiger partial charge in [-0.15, -0.1) is 22.7 Å². The van der Waals surface area contributed by atoms with E-state index in [4.69, 9.17) is 0 Å². The zero-order chi connectivity index (χ0) is 83.2. The van der Waals surface area contributed by atoms with Gasteiger partial charge in [0.1, 0.15) is 0 Å². The molecule has 123 heavy (non-hydrogen) atoms. The summed E-state index contributed by atoms with van der Waals surface area (Å²) in [6, 6.07) is 115. The van der Waals surface area contributed by atoms with Gasteiger partial charge in [0.25, 0.3) is 0 Å². The Kier molecular flexibility index (Phi) is 17.9. The van der Waals surface area contributed by atoms with Crippen LogP contribution in [0.25, 0.3) is 184 Å². The van der Waals surface area contributed by atoms with Crippen molar-refractivity contribution in [1.82, 2.24) is 0 Å². The Labute approximate surface area is 734 Å². The Hall–Kier alpha value is -11.5. The van der Waals surface area contributed by atoms with Crippen molar-refractivity contribution in [2.45, 2.75) is 186 Å². The first-order valence-corrected chi connectivity index (χ1v) is 47.7. The van der Waals surface area contributed by atoms with Gasteiger partial charge in [-0.25, -0.2) is 0 Å². The van der Waals surface area contributed by atoms with Gasteiger partial charge in [0.2, 0.25) is 0 Å². The second-order valence-corrected chi connectivity index (χ2v) is 41.3. The minimum atomic E-state index is -0.262. The number of unbranched alkanes of at least 4 members (excludes halogenated alkanes) is 10. The molecule has 0 nitrogen and oxygen atoms in total. The smallest absolute Gasteiger partial charge is 0.0361 e. The summed E-state index contributed by atoms with van der Waals surface area (Å²) in [5.74, 6) is 0. The van der Waals surface area contributed by atoms with Crippen molar-refractivity contribution in [2.24, 2.45) is 0 Å². The lowest BCUT2D eigenvalue weighted by atomic mass is 9.69. The van der Waals surface area contributed by atoms with Crippen molar-refractivity contribution in [3.63, 3.8) is 0 Å². The van der Waals surface area contributed by atoms with Gasteiger partial charge in [0.15, 0.2) is 0 Å². The highest BCUT2D eigenvalue weighted by Gasteiger charge is 2.49. The van der Waals surface area contributed by atoms with Crippen LogP contribution in [0.2, 0.25) is 0 Å². The molecular formula is C121H106S2. The molecule has 2 aromatic heterocycles. The summed E-state index contributed by atoms with van der Waals surface area (Å²) in [6.07, 6.45) is 17.7. The maximum absolute atomic E-state index is 2.80. The van der Waals surface area contributed by atoms with Crippen molar-refractivity contribution < 1.29 is 0 Å². The van der Waals surface area contributed by atoms with E-state index >= 15 is 0 Å². The van der Waals surface area contributed by atoms with E-state index in [1.54, 1.807) is 11.1 Å². The van der Waals surface area contributed by atoms with E-state index in [0.717, 1.165) is 12.8 Å². The molecular weight excluding hydrogens is 1520 g/mol. The molecule has 2 heteroatoms. The second kappa shape index (κ2) is 28.8. The summed E-state index contributed by atoms with van der Waals surface area (Å²) in [4.78, 5) is 0. The van der Waals surface area contributed by atoms with Crippen LogP contribution in [0, 0.1) is 0 Å². The summed E-state index contributed by atoms with van der Waals surface area (Å²) in [5, 5.41) is 10.7. The number of hydrogen-bond donors (Lipinski definition) is 0. The molecule has 0 fully saturated rings. The molecule has 0 unspecified atom stereocenters. The Morgan fingerprint density at radius 2 is 0.463 bits per heavy atom. The highest BCUT2D eigenvalue weighted by molar-refractivity contribution is 7.26. The highest BCUT2D eigenvalue weighted by Crippen LogP contribution is 2.65. The zero-order valence-corrected chi connectivity index (χ0v) is 74.6. The normalized spacial score (nSPS) is 15.2. The van der Waals surface area contributed by atoms with Crippen LogP contribution in [0.1, 0.15) is 215 Å². The first-order chi connectivity index (χ1) is 59.9. The number of benzene rings is 16. The van der Waals surface area contributed by atoms with Crippen LogP contribution in [-0.2, 0) is 27.1 Å². The molecule has 0 spiro atoms. The SMILES string of the molecule is CCCCCCCCC1(CCCCCCCC)c2cc3c(cc2-c2cc4c(cc21)-c1c(cc(-c2ccc(-c5ccc6c(c5)sc5cc(-c7ccc8c(c7)C(C)(C)c7ccccc7-8)ccc56)cc2)c2ccccc12)C4(C)C)C(C)(C)c1cc(-c2ccc(-c4ccc5c(c4)sc4cc(-c6ccc7c(c6)C(C)(C)c6ccccc6-7)ccc45)cc2)c2ccccc2c1-3. The predicted molar refractivity (Wildman–Crippen MR) is 532 cm³/mol. The fourth-order valence-electron chi connectivity index (χ4n) is 23.9. The fraction of sp³-hybridized carbons (Fsp3) is 0.240. The Bertz CT molecular complexity index is 6990. The lowest BCUT2D eigenvalue weighted by molar-refractivity contribution is 0.398. The third-order valence-corrected chi connectivity index (χ3v) is 32.9. The first-order valence-electron chi connectivity index (χ1n) is 46.0. The van der Waals surface area contributed by atoms with Crippen LogP contribution in [0.4, 0.5) is 0 Å². The Morgan fingerprint density at radius 1 is 0.187 bits per heavy atom. The molecule has 0 amide bonds. The molecule has 0 bridgehead atoms. The van der Waals surface area contributed by atoms with E-state index in [2.05, 4.69) is 360 Å². The standard InChI is InChI=1S/C121H106S2/c1-11-13-15-17-19-29-59-121(60-30-20-18-16-14-12-2)107-71-99-105(119(7,8)109-67-95(83-31-21-23-35-93(83)115(99)109)75-43-39-73(40-44-75)79-49-55-89-91-57-51-81(65-113(91)122-111(89)63-79)77-47-53-87-85-33-25-27-37-101(85)117(3,4)103(87)61-77)69-97(107)98-70-106-100(72-108(98)121)116-94-36-24-22-32-84(94)96(68-110(116)120(106,9)10)76-45-41-74(42-46-76)80-50-56-90-92-58-52-82(66-114(92)123-112(90)64-80)78-48-54-88-86-34-26-28-38-102(86)118(5,6)104(88)62-78/h21-28,31-58,61-72H,11-20,29-30,59-60H2,1-10H3. The van der Waals surface area contributed by atoms with Crippen LogP contribution in [0.5, 0.6) is 0 Å². The van der Waals surface area contributed by atoms with E-state index in [-0.39, 0.29) is 27.1 Å². The van der Waals surface area contributed by atoms with E-state index in [1.165, 1.54) is 306 Å². The molecule has 0 N–H and O–H groups in total. The van der Waals surface area contributed by atoms with Crippen molar-refractivity contribution in [1.29, 1.82) is 0 Å². The summed E-state index contributed by atoms with van der Waals surface area (Å²) < 4.78 is 5.32. The summed E-state index contributed by atoms with van der Waals surface area (Å²) in [6.45, 7) is 24.4. The maximum atomic E-state index is 2.80. The minimum absolute atomic E-state index is 0.0365. The van der Waals surface area contributed by atoms with Crippen molar-refractivity contribution in [3.05, 3.63) is 347 Å². The monoisotopic (exact) mass is 1620 g/mol. The van der Waals surface area contributed by atoms with Crippen LogP contribution in [0.15, 0.2) is 291 Å². The summed E-state index contributed by atoms with van der Waals surface area (Å²) in [7, 11) is 0. The lowest BCUT2D eigenvalue weighted by Gasteiger charge is -2.34. The van der Waals surface area contributed by atoms with Crippen molar-refractivity contribution in [2.75, 3.05) is 0 Å². The second-order valence-electron chi connectivity index (χ2n) is 39.1. The molecule has 0 atom stereocenters. The summed E-state index contributed by atoms with van der Waals surface area (Å²) >= 11 is 3.84. The van der Waals surface area contributed by atoms with E-state index in [9.17, 15) is 0 Å². The average molecular weight is 1620 g/mol. The largest absolute Gasteiger partial charge is 0.135 e. The molecule has 5 aliphatic rings. The average Bonchev–Trinajstić information content (AvgIpc) is 1.51. The molecule has 0 saturated carbocycles. The van der Waals surface area contributed by atoms with E-state index in [1.807, 2.05) is 22.7 Å². The maximum Gasteiger partial charge on any atom is 0.0361 e. The van der Waals surface area contributed by atoms with Crippen LogP contribution in [0.3, 0.4) is 0 Å². The molecule has 16 aromatic carbocycles.